The van der Waals surface area contributed by atoms with Gasteiger partial charge in [0.25, 0.3) is 0 Å². The Kier molecular flexibility index (Phi) is 3.89. The van der Waals surface area contributed by atoms with E-state index in [1.807, 2.05) is 49.4 Å². The number of ether oxygens (including phenoxy) is 1. The van der Waals surface area contributed by atoms with Crippen LogP contribution in [0.2, 0.25) is 0 Å². The standard InChI is InChI=1S/C27H20N2O3S/c1-2-32-14-11-12-19-20(13-14)33-27(28-19)29-25(30)23-21-15-7-3-4-8-16(15)22(24(23)26(29)31)18-10-6-5-9-17(18)21/h3-13,21-24H,2H2,1H3/t21?,22?,23-,24+. The molecule has 1 saturated heterocycles. The summed E-state index contributed by atoms with van der Waals surface area (Å²) < 4.78 is 6.51. The molecule has 1 aromatic heterocycles. The van der Waals surface area contributed by atoms with Gasteiger partial charge in [-0.05, 0) is 47.4 Å². The van der Waals surface area contributed by atoms with Crippen LogP contribution < -0.4 is 9.64 Å². The second-order valence-corrected chi connectivity index (χ2v) is 9.84. The molecule has 0 radical (unpaired) electrons. The van der Waals surface area contributed by atoms with Gasteiger partial charge in [0.2, 0.25) is 11.8 Å². The van der Waals surface area contributed by atoms with Crippen LogP contribution >= 0.6 is 11.3 Å². The summed E-state index contributed by atoms with van der Waals surface area (Å²) in [4.78, 5) is 33.7. The Balaban J connectivity index is 1.37. The Morgan fingerprint density at radius 1 is 0.848 bits per heavy atom. The number of fused-ring (bicyclic) bond motifs is 1. The van der Waals surface area contributed by atoms with Gasteiger partial charge in [-0.3, -0.25) is 9.59 Å². The van der Waals surface area contributed by atoms with E-state index in [2.05, 4.69) is 29.2 Å². The number of carbonyl (C=O) groups excluding carboxylic acids is 2. The van der Waals surface area contributed by atoms with Crippen LogP contribution in [-0.2, 0) is 9.59 Å². The first-order valence-corrected chi connectivity index (χ1v) is 12.1. The van der Waals surface area contributed by atoms with Crippen molar-refractivity contribution in [2.24, 2.45) is 11.8 Å². The summed E-state index contributed by atoms with van der Waals surface area (Å²) in [6.07, 6.45) is 0. The lowest BCUT2D eigenvalue weighted by Crippen LogP contribution is -2.41. The number of thiazole rings is 1. The highest BCUT2D eigenvalue weighted by Gasteiger charge is 2.62. The molecule has 0 saturated carbocycles. The Morgan fingerprint density at radius 2 is 1.39 bits per heavy atom. The number of hydrogen-bond donors (Lipinski definition) is 0. The average molecular weight is 453 g/mol. The molecule has 8 rings (SSSR count). The second-order valence-electron chi connectivity index (χ2n) is 8.84. The summed E-state index contributed by atoms with van der Waals surface area (Å²) in [5, 5.41) is 0.454. The fourth-order valence-electron chi connectivity index (χ4n) is 6.11. The van der Waals surface area contributed by atoms with E-state index in [9.17, 15) is 9.59 Å². The molecule has 0 unspecified atom stereocenters. The van der Waals surface area contributed by atoms with Gasteiger partial charge < -0.3 is 4.74 Å². The zero-order chi connectivity index (χ0) is 22.3. The van der Waals surface area contributed by atoms with Gasteiger partial charge in [-0.25, -0.2) is 9.88 Å². The topological polar surface area (TPSA) is 59.5 Å². The van der Waals surface area contributed by atoms with Gasteiger partial charge in [-0.2, -0.15) is 0 Å². The molecule has 1 fully saturated rings. The van der Waals surface area contributed by atoms with Gasteiger partial charge in [0.15, 0.2) is 5.13 Å². The number of anilines is 1. The normalized spacial score (nSPS) is 24.7. The fraction of sp³-hybridized carbons (Fsp3) is 0.222. The van der Waals surface area contributed by atoms with Crippen molar-refractivity contribution >= 4 is 38.5 Å². The summed E-state index contributed by atoms with van der Waals surface area (Å²) in [6, 6.07) is 22.3. The lowest BCUT2D eigenvalue weighted by Gasteiger charge is -2.45. The van der Waals surface area contributed by atoms with Crippen molar-refractivity contribution in [1.82, 2.24) is 4.98 Å². The van der Waals surface area contributed by atoms with Gasteiger partial charge in [0.1, 0.15) is 5.75 Å². The third-order valence-electron chi connectivity index (χ3n) is 7.30. The number of carbonyl (C=O) groups is 2. The van der Waals surface area contributed by atoms with E-state index >= 15 is 0 Å². The van der Waals surface area contributed by atoms with Gasteiger partial charge in [-0.15, -0.1) is 0 Å². The van der Waals surface area contributed by atoms with Crippen molar-refractivity contribution in [3.8, 4) is 5.75 Å². The maximum atomic E-state index is 13.9. The van der Waals surface area contributed by atoms with Gasteiger partial charge in [0, 0.05) is 11.8 Å². The summed E-state index contributed by atoms with van der Waals surface area (Å²) >= 11 is 1.37. The second kappa shape index (κ2) is 6.75. The zero-order valence-corrected chi connectivity index (χ0v) is 18.7. The number of amides is 2. The van der Waals surface area contributed by atoms with Crippen LogP contribution in [0.25, 0.3) is 10.2 Å². The van der Waals surface area contributed by atoms with Crippen molar-refractivity contribution in [1.29, 1.82) is 0 Å². The molecule has 3 aliphatic carbocycles. The first-order valence-electron chi connectivity index (χ1n) is 11.3. The minimum atomic E-state index is -0.390. The molecule has 5 nitrogen and oxygen atoms in total. The molecule has 2 atom stereocenters. The largest absolute Gasteiger partial charge is 0.494 e. The quantitative estimate of drug-likeness (QED) is 0.406. The van der Waals surface area contributed by atoms with Crippen LogP contribution in [0.4, 0.5) is 5.13 Å². The Morgan fingerprint density at radius 3 is 1.91 bits per heavy atom. The Labute approximate surface area is 194 Å². The first kappa shape index (κ1) is 19.0. The predicted octanol–water partition coefficient (Wildman–Crippen LogP) is 5.09. The lowest BCUT2D eigenvalue weighted by molar-refractivity contribution is -0.122. The SMILES string of the molecule is CCOc1ccc2nc(N3C(=O)[C@@H]4C5c6ccccc6C(c6ccccc65)[C@@H]4C3=O)sc2c1. The molecular formula is C27H20N2O3S. The number of aromatic nitrogens is 1. The molecule has 0 N–H and O–H groups in total. The maximum Gasteiger partial charge on any atom is 0.240 e. The van der Waals surface area contributed by atoms with E-state index in [0.29, 0.717) is 11.7 Å². The molecule has 33 heavy (non-hydrogen) atoms. The van der Waals surface area contributed by atoms with Crippen molar-refractivity contribution in [3.05, 3.63) is 89.0 Å². The zero-order valence-electron chi connectivity index (χ0n) is 17.9. The van der Waals surface area contributed by atoms with Crippen molar-refractivity contribution < 1.29 is 14.3 Å². The highest BCUT2D eigenvalue weighted by Crippen LogP contribution is 2.61. The smallest absolute Gasteiger partial charge is 0.240 e. The molecule has 6 heteroatoms. The van der Waals surface area contributed by atoms with E-state index < -0.39 is 11.8 Å². The third kappa shape index (κ3) is 2.44. The maximum absolute atomic E-state index is 13.9. The average Bonchev–Trinajstić information content (AvgIpc) is 3.37. The van der Waals surface area contributed by atoms with Crippen molar-refractivity contribution in [2.75, 3.05) is 11.5 Å². The number of hydrogen-bond acceptors (Lipinski definition) is 5. The third-order valence-corrected chi connectivity index (χ3v) is 8.30. The highest BCUT2D eigenvalue weighted by atomic mass is 32.1. The lowest BCUT2D eigenvalue weighted by atomic mass is 9.55. The monoisotopic (exact) mass is 452 g/mol. The van der Waals surface area contributed by atoms with Gasteiger partial charge in [-0.1, -0.05) is 59.9 Å². The van der Waals surface area contributed by atoms with Gasteiger partial charge >= 0.3 is 0 Å². The number of rotatable bonds is 3. The molecule has 4 aliphatic rings. The first-order chi connectivity index (χ1) is 16.2. The van der Waals surface area contributed by atoms with Crippen LogP contribution in [0, 0.1) is 11.8 Å². The summed E-state index contributed by atoms with van der Waals surface area (Å²) in [6.45, 7) is 2.52. The summed E-state index contributed by atoms with van der Waals surface area (Å²) in [5.74, 6) is -0.491. The molecule has 4 aromatic rings. The molecule has 2 amide bonds. The molecule has 2 bridgehead atoms. The van der Waals surface area contributed by atoms with E-state index in [4.69, 9.17) is 4.74 Å². The minimum absolute atomic E-state index is 0.104. The van der Waals surface area contributed by atoms with Crippen LogP contribution in [0.15, 0.2) is 66.7 Å². The van der Waals surface area contributed by atoms with Crippen LogP contribution in [0.3, 0.4) is 0 Å². The fourth-order valence-corrected chi connectivity index (χ4v) is 7.12. The summed E-state index contributed by atoms with van der Waals surface area (Å²) in [5.41, 5.74) is 5.47. The number of imide groups is 1. The van der Waals surface area contributed by atoms with E-state index in [0.717, 1.165) is 16.0 Å². The molecule has 2 heterocycles. The minimum Gasteiger partial charge on any atom is -0.494 e. The van der Waals surface area contributed by atoms with Gasteiger partial charge in [0.05, 0.1) is 28.7 Å². The molecular weight excluding hydrogens is 432 g/mol. The van der Waals surface area contributed by atoms with Crippen LogP contribution in [0.5, 0.6) is 5.75 Å². The molecule has 0 spiro atoms. The number of nitrogens with zero attached hydrogens (tertiary/aromatic N) is 2. The van der Waals surface area contributed by atoms with Crippen LogP contribution in [0.1, 0.15) is 41.0 Å². The van der Waals surface area contributed by atoms with Crippen molar-refractivity contribution in [2.45, 2.75) is 18.8 Å². The highest BCUT2D eigenvalue weighted by molar-refractivity contribution is 7.22. The Hall–Kier alpha value is -3.51. The molecule has 162 valence electrons. The van der Waals surface area contributed by atoms with E-state index in [1.165, 1.54) is 38.5 Å². The number of benzene rings is 3. The van der Waals surface area contributed by atoms with E-state index in [-0.39, 0.29) is 23.7 Å². The Bertz CT molecular complexity index is 1360. The summed E-state index contributed by atoms with van der Waals surface area (Å²) in [7, 11) is 0. The predicted molar refractivity (Wildman–Crippen MR) is 127 cm³/mol. The van der Waals surface area contributed by atoms with Crippen LogP contribution in [-0.4, -0.2) is 23.4 Å². The molecule has 3 aromatic carbocycles. The van der Waals surface area contributed by atoms with Crippen molar-refractivity contribution in [3.63, 3.8) is 0 Å². The van der Waals surface area contributed by atoms with E-state index in [1.54, 1.807) is 0 Å². The molecule has 1 aliphatic heterocycles.